The van der Waals surface area contributed by atoms with Crippen LogP contribution in [0.1, 0.15) is 58.8 Å². The van der Waals surface area contributed by atoms with Gasteiger partial charge in [0.25, 0.3) is 0 Å². The molecule has 1 fully saturated rings. The normalized spacial score (nSPS) is 27.1. The predicted octanol–water partition coefficient (Wildman–Crippen LogP) is 3.87. The van der Waals surface area contributed by atoms with Crippen LogP contribution in [0.15, 0.2) is 11.6 Å². The molecule has 0 aromatic heterocycles. The SMILES string of the molecule is CC1(C)CCCN(C(=O)C2CCC(F)(F)CC2)CC/C=C(/C#N)C1=O. The Morgan fingerprint density at radius 3 is 2.48 bits per heavy atom. The molecule has 0 radical (unpaired) electrons. The lowest BCUT2D eigenvalue weighted by atomic mass is 9.79. The summed E-state index contributed by atoms with van der Waals surface area (Å²) in [6.07, 6.45) is 3.28. The monoisotopic (exact) mass is 352 g/mol. The fourth-order valence-electron chi connectivity index (χ4n) is 3.62. The average molecular weight is 352 g/mol. The Bertz CT molecular complexity index is 595. The van der Waals surface area contributed by atoms with Crippen LogP contribution in [0.4, 0.5) is 8.78 Å². The maximum Gasteiger partial charge on any atom is 0.248 e. The third-order valence-corrected chi connectivity index (χ3v) is 5.34. The number of carbonyl (C=O) groups is 2. The lowest BCUT2D eigenvalue weighted by Gasteiger charge is -2.33. The summed E-state index contributed by atoms with van der Waals surface area (Å²) in [5.74, 6) is -3.19. The van der Waals surface area contributed by atoms with Crippen LogP contribution in [0.3, 0.4) is 0 Å². The van der Waals surface area contributed by atoms with Crippen LogP contribution in [0.2, 0.25) is 0 Å². The van der Waals surface area contributed by atoms with Gasteiger partial charge in [0, 0.05) is 37.3 Å². The molecule has 4 nitrogen and oxygen atoms in total. The molecule has 138 valence electrons. The highest BCUT2D eigenvalue weighted by molar-refractivity contribution is 6.02. The summed E-state index contributed by atoms with van der Waals surface area (Å²) in [4.78, 5) is 26.9. The molecule has 1 aliphatic carbocycles. The molecule has 2 aliphatic rings. The quantitative estimate of drug-likeness (QED) is 0.720. The minimum absolute atomic E-state index is 0.0629. The van der Waals surface area contributed by atoms with Crippen LogP contribution < -0.4 is 0 Å². The Hall–Kier alpha value is -1.77. The lowest BCUT2D eigenvalue weighted by molar-refractivity contribution is -0.139. The number of amides is 1. The first kappa shape index (κ1) is 19.6. The molecule has 0 atom stereocenters. The standard InChI is InChI=1S/C19H26F2N2O2/c1-18(2)8-4-12-23(11-3-5-15(13-22)16(18)24)17(25)14-6-9-19(20,21)10-7-14/h5,14H,3-4,6-12H2,1-2H3/b15-5-. The molecule has 1 amide bonds. The largest absolute Gasteiger partial charge is 0.342 e. The van der Waals surface area contributed by atoms with E-state index in [9.17, 15) is 23.6 Å². The van der Waals surface area contributed by atoms with Crippen LogP contribution in [0.25, 0.3) is 0 Å². The fraction of sp³-hybridized carbons (Fsp3) is 0.737. The van der Waals surface area contributed by atoms with Gasteiger partial charge >= 0.3 is 0 Å². The van der Waals surface area contributed by atoms with Crippen LogP contribution in [0, 0.1) is 22.7 Å². The van der Waals surface area contributed by atoms with Crippen molar-refractivity contribution in [3.05, 3.63) is 11.6 Å². The fourth-order valence-corrected chi connectivity index (χ4v) is 3.62. The molecular weight excluding hydrogens is 326 g/mol. The van der Waals surface area contributed by atoms with Crippen molar-refractivity contribution in [2.45, 2.75) is 64.7 Å². The molecule has 0 N–H and O–H groups in total. The van der Waals surface area contributed by atoms with Crippen molar-refractivity contribution in [3.8, 4) is 6.07 Å². The molecule has 0 bridgehead atoms. The van der Waals surface area contributed by atoms with Gasteiger partial charge in [-0.05, 0) is 32.1 Å². The van der Waals surface area contributed by atoms with Crippen LogP contribution in [-0.2, 0) is 9.59 Å². The van der Waals surface area contributed by atoms with E-state index < -0.39 is 11.3 Å². The number of rotatable bonds is 1. The molecule has 6 heteroatoms. The number of nitrogens with zero attached hydrogens (tertiary/aromatic N) is 2. The lowest BCUT2D eigenvalue weighted by Crippen LogP contribution is -2.41. The Balaban J connectivity index is 2.08. The van der Waals surface area contributed by atoms with Gasteiger partial charge in [0.15, 0.2) is 5.78 Å². The zero-order valence-corrected chi connectivity index (χ0v) is 15.0. The topological polar surface area (TPSA) is 61.2 Å². The Morgan fingerprint density at radius 1 is 1.24 bits per heavy atom. The number of alkyl halides is 2. The summed E-state index contributed by atoms with van der Waals surface area (Å²) in [5, 5.41) is 9.21. The molecule has 0 aromatic carbocycles. The first-order valence-corrected chi connectivity index (χ1v) is 8.98. The van der Waals surface area contributed by atoms with Crippen molar-refractivity contribution in [3.63, 3.8) is 0 Å². The number of carbonyl (C=O) groups excluding carboxylic acids is 2. The summed E-state index contributed by atoms with van der Waals surface area (Å²) >= 11 is 0. The molecule has 0 spiro atoms. The highest BCUT2D eigenvalue weighted by Crippen LogP contribution is 2.37. The highest BCUT2D eigenvalue weighted by atomic mass is 19.3. The number of Topliss-reactive ketones (excluding diaryl/α,β-unsaturated/α-hetero) is 1. The third kappa shape index (κ3) is 4.87. The third-order valence-electron chi connectivity index (χ3n) is 5.34. The van der Waals surface area contributed by atoms with Gasteiger partial charge in [-0.2, -0.15) is 5.26 Å². The van der Waals surface area contributed by atoms with E-state index >= 15 is 0 Å². The summed E-state index contributed by atoms with van der Waals surface area (Å²) in [6.45, 7) is 4.58. The first-order valence-electron chi connectivity index (χ1n) is 8.98. The smallest absolute Gasteiger partial charge is 0.248 e. The van der Waals surface area contributed by atoms with Gasteiger partial charge in [-0.25, -0.2) is 8.78 Å². The molecule has 0 saturated heterocycles. The second kappa shape index (κ2) is 7.63. The van der Waals surface area contributed by atoms with Crippen molar-refractivity contribution >= 4 is 11.7 Å². The summed E-state index contributed by atoms with van der Waals surface area (Å²) in [7, 11) is 0. The maximum atomic E-state index is 13.3. The molecule has 1 heterocycles. The number of hydrogen-bond acceptors (Lipinski definition) is 3. The van der Waals surface area contributed by atoms with E-state index in [1.54, 1.807) is 11.0 Å². The van der Waals surface area contributed by atoms with E-state index in [4.69, 9.17) is 0 Å². The second-order valence-electron chi connectivity index (χ2n) is 7.79. The second-order valence-corrected chi connectivity index (χ2v) is 7.79. The van der Waals surface area contributed by atoms with Crippen molar-refractivity contribution in [2.75, 3.05) is 13.1 Å². The van der Waals surface area contributed by atoms with Gasteiger partial charge in [0.05, 0.1) is 5.57 Å². The van der Waals surface area contributed by atoms with Crippen LogP contribution in [0.5, 0.6) is 0 Å². The van der Waals surface area contributed by atoms with E-state index in [-0.39, 0.29) is 48.9 Å². The van der Waals surface area contributed by atoms with Gasteiger partial charge < -0.3 is 4.90 Å². The molecule has 1 aliphatic heterocycles. The van der Waals surface area contributed by atoms with E-state index in [0.29, 0.717) is 32.4 Å². The van der Waals surface area contributed by atoms with E-state index in [2.05, 4.69) is 0 Å². The van der Waals surface area contributed by atoms with Crippen molar-refractivity contribution in [1.82, 2.24) is 4.90 Å². The Morgan fingerprint density at radius 2 is 1.88 bits per heavy atom. The van der Waals surface area contributed by atoms with Gasteiger partial charge in [-0.3, -0.25) is 9.59 Å². The number of allylic oxidation sites excluding steroid dienone is 1. The predicted molar refractivity (Wildman–Crippen MR) is 89.8 cm³/mol. The van der Waals surface area contributed by atoms with Crippen molar-refractivity contribution in [1.29, 1.82) is 5.26 Å². The average Bonchev–Trinajstić information content (AvgIpc) is 2.55. The number of hydrogen-bond donors (Lipinski definition) is 0. The molecule has 25 heavy (non-hydrogen) atoms. The maximum absolute atomic E-state index is 13.3. The molecule has 1 saturated carbocycles. The number of halogens is 2. The molecule has 2 rings (SSSR count). The first-order chi connectivity index (χ1) is 11.7. The number of ketones is 1. The Labute approximate surface area is 147 Å². The van der Waals surface area contributed by atoms with E-state index in [1.807, 2.05) is 19.9 Å². The molecular formula is C19H26F2N2O2. The van der Waals surface area contributed by atoms with Gasteiger partial charge in [-0.1, -0.05) is 19.9 Å². The summed E-state index contributed by atoms with van der Waals surface area (Å²) in [5.41, 5.74) is -0.489. The zero-order valence-electron chi connectivity index (χ0n) is 15.0. The minimum atomic E-state index is -2.64. The summed E-state index contributed by atoms with van der Waals surface area (Å²) in [6, 6.07) is 1.97. The number of nitriles is 1. The van der Waals surface area contributed by atoms with Crippen molar-refractivity contribution < 1.29 is 18.4 Å². The van der Waals surface area contributed by atoms with Gasteiger partial charge in [0.2, 0.25) is 11.8 Å². The van der Waals surface area contributed by atoms with Gasteiger partial charge in [-0.15, -0.1) is 0 Å². The zero-order chi connectivity index (χ0) is 18.7. The molecule has 0 aromatic rings. The van der Waals surface area contributed by atoms with Crippen molar-refractivity contribution in [2.24, 2.45) is 11.3 Å². The van der Waals surface area contributed by atoms with Gasteiger partial charge in [0.1, 0.15) is 6.07 Å². The highest BCUT2D eigenvalue weighted by Gasteiger charge is 2.39. The summed E-state index contributed by atoms with van der Waals surface area (Å²) < 4.78 is 26.6. The van der Waals surface area contributed by atoms with Crippen LogP contribution in [-0.4, -0.2) is 35.6 Å². The Kier molecular flexibility index (Phi) is 5.97. The van der Waals surface area contributed by atoms with Crippen LogP contribution >= 0.6 is 0 Å². The van der Waals surface area contributed by atoms with E-state index in [0.717, 1.165) is 0 Å². The molecule has 0 unspecified atom stereocenters. The van der Waals surface area contributed by atoms with E-state index in [1.165, 1.54) is 0 Å². The minimum Gasteiger partial charge on any atom is -0.342 e.